The number of benzene rings is 1. The molecule has 0 amide bonds. The number of morpholine rings is 1. The van der Waals surface area contributed by atoms with Gasteiger partial charge in [-0.3, -0.25) is 19.6 Å². The summed E-state index contributed by atoms with van der Waals surface area (Å²) in [7, 11) is 3.53. The van der Waals surface area contributed by atoms with Crippen LogP contribution in [0.2, 0.25) is 0 Å². The van der Waals surface area contributed by atoms with Crippen LogP contribution in [0.4, 0.5) is 11.4 Å². The van der Waals surface area contributed by atoms with Crippen LogP contribution in [-0.4, -0.2) is 49.7 Å². The molecular formula is C20H22N6O4. The Balaban J connectivity index is 1.67. The smallest absolute Gasteiger partial charge is 0.293 e. The number of hydrogen-bond donors (Lipinski definition) is 0. The first-order valence-electron chi connectivity index (χ1n) is 9.47. The highest BCUT2D eigenvalue weighted by Gasteiger charge is 2.37. The van der Waals surface area contributed by atoms with Crippen LogP contribution in [0.3, 0.4) is 0 Å². The molecule has 0 bridgehead atoms. The van der Waals surface area contributed by atoms with Crippen LogP contribution in [0.15, 0.2) is 43.0 Å². The van der Waals surface area contributed by atoms with E-state index in [-0.39, 0.29) is 22.9 Å². The van der Waals surface area contributed by atoms with Crippen LogP contribution in [0.1, 0.15) is 28.7 Å². The van der Waals surface area contributed by atoms with Crippen molar-refractivity contribution in [2.45, 2.75) is 12.5 Å². The first-order valence-corrected chi connectivity index (χ1v) is 9.47. The summed E-state index contributed by atoms with van der Waals surface area (Å²) in [6.07, 6.45) is 6.80. The van der Waals surface area contributed by atoms with Gasteiger partial charge in [0.15, 0.2) is 5.82 Å². The van der Waals surface area contributed by atoms with Gasteiger partial charge in [0.1, 0.15) is 11.3 Å². The van der Waals surface area contributed by atoms with Crippen LogP contribution in [-0.2, 0) is 24.4 Å². The number of aryl methyl sites for hydroxylation is 2. The van der Waals surface area contributed by atoms with Gasteiger partial charge in [-0.15, -0.1) is 0 Å². The molecule has 3 aromatic rings. The molecule has 1 atom stereocenters. The monoisotopic (exact) mass is 410 g/mol. The summed E-state index contributed by atoms with van der Waals surface area (Å²) in [6.45, 7) is 3.28. The van der Waals surface area contributed by atoms with Gasteiger partial charge < -0.3 is 14.2 Å². The van der Waals surface area contributed by atoms with Crippen molar-refractivity contribution in [3.63, 3.8) is 0 Å². The minimum atomic E-state index is -0.651. The van der Waals surface area contributed by atoms with Crippen LogP contribution in [0.5, 0.6) is 0 Å². The molecule has 3 heterocycles. The number of carbonyl (C=O) groups excluding carboxylic acids is 1. The van der Waals surface area contributed by atoms with Crippen molar-refractivity contribution in [3.8, 4) is 0 Å². The number of carbonyl (C=O) groups is 1. The zero-order valence-electron chi connectivity index (χ0n) is 17.0. The molecule has 156 valence electrons. The van der Waals surface area contributed by atoms with E-state index in [1.807, 2.05) is 25.1 Å². The van der Waals surface area contributed by atoms with Crippen molar-refractivity contribution in [3.05, 3.63) is 70.1 Å². The first kappa shape index (κ1) is 19.8. The van der Waals surface area contributed by atoms with Crippen molar-refractivity contribution < 1.29 is 14.5 Å². The van der Waals surface area contributed by atoms with Crippen LogP contribution in [0.25, 0.3) is 0 Å². The maximum Gasteiger partial charge on any atom is 0.293 e. The standard InChI is InChI=1S/C20H22N6O4/c1-20(15-11-22-24(3)12-15)13-25(8-9-30-20)16-5-4-14(10-17(16)26(28)29)18(27)19-21-6-7-23(19)2/h4-7,10-12H,8-9,13H2,1-3H3. The molecule has 1 aliphatic heterocycles. The van der Waals surface area contributed by atoms with Gasteiger partial charge in [-0.25, -0.2) is 4.98 Å². The fourth-order valence-electron chi connectivity index (χ4n) is 3.74. The Kier molecular flexibility index (Phi) is 4.86. The molecule has 0 spiro atoms. The molecule has 1 aliphatic rings. The normalized spacial score (nSPS) is 19.1. The van der Waals surface area contributed by atoms with Gasteiger partial charge >= 0.3 is 0 Å². The van der Waals surface area contributed by atoms with E-state index >= 15 is 0 Å². The highest BCUT2D eigenvalue weighted by Crippen LogP contribution is 2.36. The number of nitro groups is 1. The van der Waals surface area contributed by atoms with Crippen molar-refractivity contribution >= 4 is 17.2 Å². The number of anilines is 1. The number of rotatable bonds is 5. The van der Waals surface area contributed by atoms with Crippen LogP contribution in [0, 0.1) is 10.1 Å². The molecule has 1 unspecified atom stereocenters. The van der Waals surface area contributed by atoms with Crippen molar-refractivity contribution in [1.29, 1.82) is 0 Å². The predicted octanol–water partition coefficient (Wildman–Crippen LogP) is 2.04. The Labute approximate surface area is 172 Å². The fourth-order valence-corrected chi connectivity index (χ4v) is 3.74. The topological polar surface area (TPSA) is 108 Å². The largest absolute Gasteiger partial charge is 0.367 e. The summed E-state index contributed by atoms with van der Waals surface area (Å²) < 4.78 is 9.30. The summed E-state index contributed by atoms with van der Waals surface area (Å²) in [5.74, 6) is -0.133. The number of nitrogens with zero attached hydrogens (tertiary/aromatic N) is 6. The van der Waals surface area contributed by atoms with E-state index in [4.69, 9.17) is 4.74 Å². The van der Waals surface area contributed by atoms with E-state index in [2.05, 4.69) is 10.1 Å². The Bertz CT molecular complexity index is 1120. The predicted molar refractivity (Wildman–Crippen MR) is 108 cm³/mol. The Hall–Kier alpha value is -3.53. The molecule has 0 aliphatic carbocycles. The van der Waals surface area contributed by atoms with Crippen LogP contribution >= 0.6 is 0 Å². The number of ether oxygens (including phenoxy) is 1. The highest BCUT2D eigenvalue weighted by atomic mass is 16.6. The van der Waals surface area contributed by atoms with Crippen molar-refractivity contribution in [1.82, 2.24) is 19.3 Å². The third-order valence-electron chi connectivity index (χ3n) is 5.39. The maximum atomic E-state index is 12.7. The Morgan fingerprint density at radius 2 is 2.13 bits per heavy atom. The molecule has 1 saturated heterocycles. The molecule has 10 heteroatoms. The molecule has 1 aromatic carbocycles. The third-order valence-corrected chi connectivity index (χ3v) is 5.39. The first-order chi connectivity index (χ1) is 14.3. The summed E-state index contributed by atoms with van der Waals surface area (Å²) >= 11 is 0. The minimum absolute atomic E-state index is 0.120. The summed E-state index contributed by atoms with van der Waals surface area (Å²) in [5, 5.41) is 16.0. The Morgan fingerprint density at radius 1 is 1.33 bits per heavy atom. The number of nitro benzene ring substituents is 1. The average Bonchev–Trinajstić information content (AvgIpc) is 3.35. The van der Waals surface area contributed by atoms with Gasteiger partial charge in [0.2, 0.25) is 5.78 Å². The second-order valence-electron chi connectivity index (χ2n) is 7.56. The minimum Gasteiger partial charge on any atom is -0.367 e. The molecule has 10 nitrogen and oxygen atoms in total. The molecular weight excluding hydrogens is 388 g/mol. The quantitative estimate of drug-likeness (QED) is 0.360. The number of hydrogen-bond acceptors (Lipinski definition) is 7. The molecule has 2 aromatic heterocycles. The number of ketones is 1. The number of imidazole rings is 1. The van der Waals surface area contributed by atoms with Crippen LogP contribution < -0.4 is 4.90 Å². The van der Waals surface area contributed by atoms with Crippen molar-refractivity contribution in [2.24, 2.45) is 14.1 Å². The van der Waals surface area contributed by atoms with E-state index in [1.54, 1.807) is 40.8 Å². The third kappa shape index (κ3) is 3.45. The van der Waals surface area contributed by atoms with Crippen molar-refractivity contribution in [2.75, 3.05) is 24.6 Å². The fraction of sp³-hybridized carbons (Fsp3) is 0.350. The van der Waals surface area contributed by atoms with Gasteiger partial charge in [0.25, 0.3) is 5.69 Å². The van der Waals surface area contributed by atoms with E-state index in [9.17, 15) is 14.9 Å². The SMILES string of the molecule is Cn1cc(C2(C)CN(c3ccc(C(=O)c4nccn4C)cc3[N+](=O)[O-])CCO2)cn1. The second-order valence-corrected chi connectivity index (χ2v) is 7.56. The Morgan fingerprint density at radius 3 is 2.77 bits per heavy atom. The summed E-state index contributed by atoms with van der Waals surface area (Å²) in [6, 6.07) is 4.56. The molecule has 0 saturated carbocycles. The molecule has 30 heavy (non-hydrogen) atoms. The van der Waals surface area contributed by atoms with Gasteiger partial charge in [0, 0.05) is 56.4 Å². The lowest BCUT2D eigenvalue weighted by Crippen LogP contribution is -2.48. The lowest BCUT2D eigenvalue weighted by atomic mass is 9.96. The maximum absolute atomic E-state index is 12.7. The molecule has 0 N–H and O–H groups in total. The lowest BCUT2D eigenvalue weighted by molar-refractivity contribution is -0.384. The summed E-state index contributed by atoms with van der Waals surface area (Å²) in [4.78, 5) is 30.1. The average molecular weight is 410 g/mol. The van der Waals surface area contributed by atoms with E-state index in [0.29, 0.717) is 25.4 Å². The van der Waals surface area contributed by atoms with Gasteiger partial charge in [-0.1, -0.05) is 0 Å². The second kappa shape index (κ2) is 7.38. The summed E-state index contributed by atoms with van der Waals surface area (Å²) in [5.41, 5.74) is 0.809. The van der Waals surface area contributed by atoms with Gasteiger partial charge in [-0.2, -0.15) is 5.10 Å². The lowest BCUT2D eigenvalue weighted by Gasteiger charge is -2.41. The number of aromatic nitrogens is 4. The van der Waals surface area contributed by atoms with Gasteiger partial charge in [0.05, 0.1) is 24.3 Å². The molecule has 0 radical (unpaired) electrons. The van der Waals surface area contributed by atoms with Gasteiger partial charge in [-0.05, 0) is 19.1 Å². The zero-order valence-corrected chi connectivity index (χ0v) is 17.0. The zero-order chi connectivity index (χ0) is 21.5. The van der Waals surface area contributed by atoms with E-state index in [1.165, 1.54) is 12.3 Å². The molecule has 1 fully saturated rings. The molecule has 4 rings (SSSR count). The highest BCUT2D eigenvalue weighted by molar-refractivity contribution is 6.07. The van der Waals surface area contributed by atoms with E-state index in [0.717, 1.165) is 5.56 Å². The van der Waals surface area contributed by atoms with E-state index < -0.39 is 10.5 Å².